The molecule has 1 aliphatic carbocycles. The Labute approximate surface area is 144 Å². The lowest BCUT2D eigenvalue weighted by molar-refractivity contribution is -0.119. The maximum atomic E-state index is 12.1. The number of rotatable bonds is 5. The summed E-state index contributed by atoms with van der Waals surface area (Å²) in [5, 5.41) is 2.71. The zero-order chi connectivity index (χ0) is 17.1. The van der Waals surface area contributed by atoms with Gasteiger partial charge in [0.05, 0.1) is 12.8 Å². The molecular weight excluding hydrogens is 326 g/mol. The van der Waals surface area contributed by atoms with Gasteiger partial charge in [0.25, 0.3) is 5.91 Å². The molecule has 126 valence electrons. The Bertz CT molecular complexity index is 760. The van der Waals surface area contributed by atoms with Crippen LogP contribution in [0.1, 0.15) is 32.1 Å². The molecule has 0 unspecified atom stereocenters. The van der Waals surface area contributed by atoms with E-state index in [1.165, 1.54) is 28.9 Å². The smallest absolute Gasteiger partial charge is 0.348 e. The van der Waals surface area contributed by atoms with E-state index in [0.29, 0.717) is 16.3 Å². The third kappa shape index (κ3) is 3.59. The Morgan fingerprint density at radius 2 is 2.08 bits per heavy atom. The van der Waals surface area contributed by atoms with Gasteiger partial charge in [0.1, 0.15) is 10.6 Å². The highest BCUT2D eigenvalue weighted by Gasteiger charge is 2.20. The number of methoxy groups -OCH3 is 1. The molecule has 1 aliphatic rings. The van der Waals surface area contributed by atoms with Gasteiger partial charge in [-0.2, -0.15) is 0 Å². The molecule has 24 heavy (non-hydrogen) atoms. The summed E-state index contributed by atoms with van der Waals surface area (Å²) in [6.07, 6.45) is 3.20. The van der Waals surface area contributed by atoms with Gasteiger partial charge in [-0.3, -0.25) is 4.79 Å². The summed E-state index contributed by atoms with van der Waals surface area (Å²) in [5.74, 6) is -0.271. The van der Waals surface area contributed by atoms with E-state index in [1.54, 1.807) is 6.07 Å². The molecule has 6 heteroatoms. The number of benzene rings is 1. The van der Waals surface area contributed by atoms with Gasteiger partial charge in [0, 0.05) is 4.88 Å². The number of anilines is 1. The molecule has 1 amide bonds. The van der Waals surface area contributed by atoms with Crippen LogP contribution in [-0.4, -0.2) is 25.6 Å². The third-order valence-electron chi connectivity index (χ3n) is 3.91. The summed E-state index contributed by atoms with van der Waals surface area (Å²) in [7, 11) is 1.54. The number of ether oxygens (including phenoxy) is 2. The molecule has 0 radical (unpaired) electrons. The number of esters is 1. The van der Waals surface area contributed by atoms with E-state index in [-0.39, 0.29) is 6.61 Å². The summed E-state index contributed by atoms with van der Waals surface area (Å²) in [4.78, 5) is 25.9. The zero-order valence-corrected chi connectivity index (χ0v) is 14.5. The van der Waals surface area contributed by atoms with Gasteiger partial charge in [-0.1, -0.05) is 6.07 Å². The first kappa shape index (κ1) is 16.5. The normalized spacial score (nSPS) is 12.6. The molecule has 1 N–H and O–H groups in total. The zero-order valence-electron chi connectivity index (χ0n) is 13.7. The Hall–Kier alpha value is -2.34. The van der Waals surface area contributed by atoms with Crippen molar-refractivity contribution in [3.63, 3.8) is 0 Å². The van der Waals surface area contributed by atoms with Gasteiger partial charge >= 0.3 is 5.97 Å². The van der Waals surface area contributed by atoms with Crippen molar-refractivity contribution in [2.45, 2.75) is 26.2 Å². The molecular formula is C18H19NO4S. The third-order valence-corrected chi connectivity index (χ3v) is 5.13. The number of hydrogen-bond acceptors (Lipinski definition) is 5. The van der Waals surface area contributed by atoms with E-state index in [0.717, 1.165) is 24.8 Å². The van der Waals surface area contributed by atoms with Crippen LogP contribution >= 0.6 is 11.3 Å². The first-order valence-electron chi connectivity index (χ1n) is 7.80. The second-order valence-electron chi connectivity index (χ2n) is 5.74. The van der Waals surface area contributed by atoms with Crippen molar-refractivity contribution in [1.82, 2.24) is 0 Å². The van der Waals surface area contributed by atoms with Crippen LogP contribution in [0.3, 0.4) is 0 Å². The second-order valence-corrected chi connectivity index (χ2v) is 6.88. The highest BCUT2D eigenvalue weighted by molar-refractivity contribution is 7.14. The van der Waals surface area contributed by atoms with E-state index in [1.807, 2.05) is 25.1 Å². The predicted molar refractivity (Wildman–Crippen MR) is 93.0 cm³/mol. The molecule has 0 saturated heterocycles. The van der Waals surface area contributed by atoms with Gasteiger partial charge in [-0.25, -0.2) is 4.79 Å². The lowest BCUT2D eigenvalue weighted by Crippen LogP contribution is -2.21. The number of aryl methyl sites for hydroxylation is 3. The van der Waals surface area contributed by atoms with E-state index in [4.69, 9.17) is 9.47 Å². The summed E-state index contributed by atoms with van der Waals surface area (Å²) in [5.41, 5.74) is 2.80. The second kappa shape index (κ2) is 7.05. The molecule has 0 aliphatic heterocycles. The van der Waals surface area contributed by atoms with Crippen molar-refractivity contribution in [2.24, 2.45) is 0 Å². The minimum atomic E-state index is -0.444. The summed E-state index contributed by atoms with van der Waals surface area (Å²) < 4.78 is 10.3. The summed E-state index contributed by atoms with van der Waals surface area (Å²) in [6, 6.07) is 7.37. The molecule has 1 aromatic heterocycles. The Balaban J connectivity index is 1.57. The van der Waals surface area contributed by atoms with Crippen LogP contribution in [0.15, 0.2) is 24.3 Å². The van der Waals surface area contributed by atoms with Crippen molar-refractivity contribution in [1.29, 1.82) is 0 Å². The highest BCUT2D eigenvalue weighted by Crippen LogP contribution is 2.31. The van der Waals surface area contributed by atoms with E-state index < -0.39 is 11.9 Å². The first-order valence-corrected chi connectivity index (χ1v) is 8.61. The quantitative estimate of drug-likeness (QED) is 0.844. The number of carbonyl (C=O) groups excluding carboxylic acids is 2. The lowest BCUT2D eigenvalue weighted by atomic mass is 10.2. The number of carbonyl (C=O) groups is 2. The van der Waals surface area contributed by atoms with Crippen molar-refractivity contribution in [2.75, 3.05) is 19.0 Å². The van der Waals surface area contributed by atoms with Crippen molar-refractivity contribution in [3.05, 3.63) is 45.1 Å². The van der Waals surface area contributed by atoms with Crippen LogP contribution in [-0.2, 0) is 22.4 Å². The van der Waals surface area contributed by atoms with E-state index in [9.17, 15) is 9.59 Å². The highest BCUT2D eigenvalue weighted by atomic mass is 32.1. The molecule has 3 rings (SSSR count). The largest absolute Gasteiger partial charge is 0.495 e. The molecule has 2 aromatic rings. The van der Waals surface area contributed by atoms with Crippen LogP contribution in [0, 0.1) is 6.92 Å². The van der Waals surface area contributed by atoms with Gasteiger partial charge in [0.15, 0.2) is 6.61 Å². The Kier molecular flexibility index (Phi) is 4.85. The topological polar surface area (TPSA) is 64.6 Å². The van der Waals surface area contributed by atoms with Gasteiger partial charge in [-0.05, 0) is 55.5 Å². The summed E-state index contributed by atoms with van der Waals surface area (Å²) >= 11 is 1.47. The first-order chi connectivity index (χ1) is 11.6. The van der Waals surface area contributed by atoms with E-state index in [2.05, 4.69) is 5.32 Å². The number of fused-ring (bicyclic) bond motifs is 1. The number of amides is 1. The minimum absolute atomic E-state index is 0.321. The van der Waals surface area contributed by atoms with Crippen molar-refractivity contribution < 1.29 is 19.1 Å². The fourth-order valence-corrected chi connectivity index (χ4v) is 3.89. The van der Waals surface area contributed by atoms with Gasteiger partial charge in [0.2, 0.25) is 0 Å². The number of thiophene rings is 1. The van der Waals surface area contributed by atoms with E-state index >= 15 is 0 Å². The monoisotopic (exact) mass is 345 g/mol. The minimum Gasteiger partial charge on any atom is -0.495 e. The van der Waals surface area contributed by atoms with Crippen LogP contribution in [0.25, 0.3) is 0 Å². The molecule has 0 fully saturated rings. The van der Waals surface area contributed by atoms with Crippen molar-refractivity contribution in [3.8, 4) is 5.75 Å². The Morgan fingerprint density at radius 3 is 2.83 bits per heavy atom. The predicted octanol–water partition coefficient (Wildman–Crippen LogP) is 3.35. The maximum Gasteiger partial charge on any atom is 0.348 e. The average molecular weight is 345 g/mol. The fraction of sp³-hybridized carbons (Fsp3) is 0.333. The van der Waals surface area contributed by atoms with Crippen LogP contribution in [0.4, 0.5) is 5.69 Å². The standard InChI is InChI=1S/C18H19NO4S/c1-11-6-7-14(22-2)13(8-11)19-17(20)10-23-18(21)16-9-12-4-3-5-15(12)24-16/h6-9H,3-5,10H2,1-2H3,(H,19,20). The molecule has 1 heterocycles. The molecule has 5 nitrogen and oxygen atoms in total. The van der Waals surface area contributed by atoms with Crippen LogP contribution < -0.4 is 10.1 Å². The van der Waals surface area contributed by atoms with Crippen molar-refractivity contribution >= 4 is 28.9 Å². The van der Waals surface area contributed by atoms with Crippen LogP contribution in [0.2, 0.25) is 0 Å². The number of nitrogens with one attached hydrogen (secondary N) is 1. The molecule has 0 saturated carbocycles. The van der Waals surface area contributed by atoms with Gasteiger partial charge < -0.3 is 14.8 Å². The van der Waals surface area contributed by atoms with Gasteiger partial charge in [-0.15, -0.1) is 11.3 Å². The summed E-state index contributed by atoms with van der Waals surface area (Å²) in [6.45, 7) is 1.60. The Morgan fingerprint density at radius 1 is 1.25 bits per heavy atom. The molecule has 0 atom stereocenters. The average Bonchev–Trinajstić information content (AvgIpc) is 3.14. The molecule has 0 bridgehead atoms. The molecule has 0 spiro atoms. The lowest BCUT2D eigenvalue weighted by Gasteiger charge is -2.11. The van der Waals surface area contributed by atoms with Crippen LogP contribution in [0.5, 0.6) is 5.75 Å². The molecule has 1 aromatic carbocycles. The SMILES string of the molecule is COc1ccc(C)cc1NC(=O)COC(=O)c1cc2c(s1)CCC2. The fourth-order valence-electron chi connectivity index (χ4n) is 2.74. The number of hydrogen-bond donors (Lipinski definition) is 1. The maximum absolute atomic E-state index is 12.1.